The Labute approximate surface area is 172 Å². The molecule has 5 nitrogen and oxygen atoms in total. The molecule has 0 heterocycles. The Hall–Kier alpha value is -2.37. The van der Waals surface area contributed by atoms with Gasteiger partial charge in [-0.2, -0.15) is 0 Å². The van der Waals surface area contributed by atoms with Gasteiger partial charge in [-0.3, -0.25) is 9.59 Å². The zero-order valence-corrected chi connectivity index (χ0v) is 17.5. The first kappa shape index (κ1) is 21.9. The maximum atomic E-state index is 12.8. The standard InChI is InChI=1S/C22H28ClN3O2/c1-15(2)20(25-21(27)17-10-12-18(23)13-11-17)22(28)24-14-19(26(3)4)16-8-6-5-7-9-16/h5-13,15,19-20H,14H2,1-4H3,(H,24,28)(H,25,27)/t19?,20-/m0/s1. The summed E-state index contributed by atoms with van der Waals surface area (Å²) in [5.41, 5.74) is 1.59. The van der Waals surface area contributed by atoms with Crippen LogP contribution in [0.3, 0.4) is 0 Å². The van der Waals surface area contributed by atoms with Gasteiger partial charge in [0.2, 0.25) is 5.91 Å². The molecular formula is C22H28ClN3O2. The second-order valence-electron chi connectivity index (χ2n) is 7.34. The third-order valence-corrected chi connectivity index (χ3v) is 4.87. The molecule has 2 rings (SSSR count). The van der Waals surface area contributed by atoms with Crippen LogP contribution in [0.25, 0.3) is 0 Å². The molecule has 2 amide bonds. The van der Waals surface area contributed by atoms with Gasteiger partial charge in [0.1, 0.15) is 6.04 Å². The number of likely N-dealkylation sites (N-methyl/N-ethyl adjacent to an activating group) is 1. The molecule has 0 aliphatic heterocycles. The van der Waals surface area contributed by atoms with Crippen LogP contribution in [0.4, 0.5) is 0 Å². The molecule has 2 aromatic rings. The lowest BCUT2D eigenvalue weighted by molar-refractivity contribution is -0.124. The molecule has 0 aliphatic rings. The summed E-state index contributed by atoms with van der Waals surface area (Å²) in [5.74, 6) is -0.538. The second kappa shape index (κ2) is 10.2. The SMILES string of the molecule is CC(C)[C@H](NC(=O)c1ccc(Cl)cc1)C(=O)NCC(c1ccccc1)N(C)C. The summed E-state index contributed by atoms with van der Waals surface area (Å²) in [6.07, 6.45) is 0. The quantitative estimate of drug-likeness (QED) is 0.711. The zero-order chi connectivity index (χ0) is 20.7. The lowest BCUT2D eigenvalue weighted by atomic mass is 10.0. The number of hydrogen-bond donors (Lipinski definition) is 2. The van der Waals surface area contributed by atoms with E-state index in [2.05, 4.69) is 15.5 Å². The third kappa shape index (κ3) is 6.08. The minimum absolute atomic E-state index is 0.0462. The van der Waals surface area contributed by atoms with Gasteiger partial charge < -0.3 is 15.5 Å². The lowest BCUT2D eigenvalue weighted by Gasteiger charge is -2.27. The predicted molar refractivity (Wildman–Crippen MR) is 113 cm³/mol. The van der Waals surface area contributed by atoms with Crippen molar-refractivity contribution in [3.8, 4) is 0 Å². The number of halogens is 1. The Morgan fingerprint density at radius 3 is 2.14 bits per heavy atom. The number of nitrogens with zero attached hydrogens (tertiary/aromatic N) is 1. The summed E-state index contributed by atoms with van der Waals surface area (Å²) in [5, 5.41) is 6.39. The van der Waals surface area contributed by atoms with Crippen LogP contribution in [-0.2, 0) is 4.79 Å². The van der Waals surface area contributed by atoms with E-state index in [0.29, 0.717) is 17.1 Å². The summed E-state index contributed by atoms with van der Waals surface area (Å²) in [6, 6.07) is 16.0. The topological polar surface area (TPSA) is 61.4 Å². The number of benzene rings is 2. The maximum absolute atomic E-state index is 12.8. The highest BCUT2D eigenvalue weighted by Crippen LogP contribution is 2.17. The first-order chi connectivity index (χ1) is 13.3. The molecule has 0 aliphatic carbocycles. The average molecular weight is 402 g/mol. The van der Waals surface area contributed by atoms with Crippen LogP contribution in [-0.4, -0.2) is 43.4 Å². The highest BCUT2D eigenvalue weighted by molar-refractivity contribution is 6.30. The molecule has 0 spiro atoms. The summed E-state index contributed by atoms with van der Waals surface area (Å²) in [6.45, 7) is 4.27. The van der Waals surface area contributed by atoms with Gasteiger partial charge >= 0.3 is 0 Å². The van der Waals surface area contributed by atoms with Crippen molar-refractivity contribution >= 4 is 23.4 Å². The van der Waals surface area contributed by atoms with E-state index >= 15 is 0 Å². The van der Waals surface area contributed by atoms with Crippen LogP contribution < -0.4 is 10.6 Å². The first-order valence-electron chi connectivity index (χ1n) is 9.35. The maximum Gasteiger partial charge on any atom is 0.251 e. The number of carbonyl (C=O) groups is 2. The third-order valence-electron chi connectivity index (χ3n) is 4.62. The van der Waals surface area contributed by atoms with Crippen LogP contribution in [0.5, 0.6) is 0 Å². The van der Waals surface area contributed by atoms with Gasteiger partial charge in [-0.15, -0.1) is 0 Å². The number of amides is 2. The van der Waals surface area contributed by atoms with Gasteiger partial charge in [-0.05, 0) is 49.8 Å². The van der Waals surface area contributed by atoms with E-state index in [0.717, 1.165) is 5.56 Å². The Morgan fingerprint density at radius 2 is 1.61 bits per heavy atom. The molecule has 2 N–H and O–H groups in total. The molecule has 0 fully saturated rings. The summed E-state index contributed by atoms with van der Waals surface area (Å²) in [7, 11) is 3.96. The van der Waals surface area contributed by atoms with Crippen molar-refractivity contribution in [2.75, 3.05) is 20.6 Å². The van der Waals surface area contributed by atoms with Gasteiger partial charge in [0.15, 0.2) is 0 Å². The van der Waals surface area contributed by atoms with Crippen molar-refractivity contribution in [1.29, 1.82) is 0 Å². The van der Waals surface area contributed by atoms with Crippen molar-refractivity contribution in [3.63, 3.8) is 0 Å². The molecule has 150 valence electrons. The highest BCUT2D eigenvalue weighted by Gasteiger charge is 2.25. The van der Waals surface area contributed by atoms with Gasteiger partial charge in [0, 0.05) is 17.1 Å². The molecule has 6 heteroatoms. The monoisotopic (exact) mass is 401 g/mol. The largest absolute Gasteiger partial charge is 0.352 e. The number of carbonyl (C=O) groups excluding carboxylic acids is 2. The highest BCUT2D eigenvalue weighted by atomic mass is 35.5. The molecule has 0 saturated heterocycles. The fourth-order valence-electron chi connectivity index (χ4n) is 2.94. The average Bonchev–Trinajstić information content (AvgIpc) is 2.66. The molecule has 0 bridgehead atoms. The predicted octanol–water partition coefficient (Wildman–Crippen LogP) is 3.51. The fraction of sp³-hybridized carbons (Fsp3) is 0.364. The van der Waals surface area contributed by atoms with Crippen molar-refractivity contribution in [3.05, 3.63) is 70.7 Å². The van der Waals surface area contributed by atoms with Gasteiger partial charge in [-0.25, -0.2) is 0 Å². The van der Waals surface area contributed by atoms with Crippen LogP contribution >= 0.6 is 11.6 Å². The summed E-state index contributed by atoms with van der Waals surface area (Å²) < 4.78 is 0. The van der Waals surface area contributed by atoms with Crippen LogP contribution in [0.2, 0.25) is 5.02 Å². The van der Waals surface area contributed by atoms with E-state index in [1.807, 2.05) is 58.3 Å². The Bertz CT molecular complexity index is 776. The van der Waals surface area contributed by atoms with E-state index in [1.54, 1.807) is 24.3 Å². The lowest BCUT2D eigenvalue weighted by Crippen LogP contribution is -2.51. The van der Waals surface area contributed by atoms with E-state index in [1.165, 1.54) is 0 Å². The van der Waals surface area contributed by atoms with E-state index in [4.69, 9.17) is 11.6 Å². The van der Waals surface area contributed by atoms with E-state index in [-0.39, 0.29) is 23.8 Å². The number of hydrogen-bond acceptors (Lipinski definition) is 3. The Kier molecular flexibility index (Phi) is 8.03. The fourth-order valence-corrected chi connectivity index (χ4v) is 3.07. The van der Waals surface area contributed by atoms with E-state index < -0.39 is 6.04 Å². The van der Waals surface area contributed by atoms with Crippen molar-refractivity contribution in [2.45, 2.75) is 25.9 Å². The molecule has 28 heavy (non-hydrogen) atoms. The van der Waals surface area contributed by atoms with Crippen LogP contribution in [0.15, 0.2) is 54.6 Å². The smallest absolute Gasteiger partial charge is 0.251 e. The van der Waals surface area contributed by atoms with E-state index in [9.17, 15) is 9.59 Å². The molecule has 1 unspecified atom stereocenters. The summed E-state index contributed by atoms with van der Waals surface area (Å²) >= 11 is 5.87. The second-order valence-corrected chi connectivity index (χ2v) is 7.77. The minimum atomic E-state index is -0.623. The molecule has 0 saturated carbocycles. The Morgan fingerprint density at radius 1 is 1.00 bits per heavy atom. The Balaban J connectivity index is 2.03. The van der Waals surface area contributed by atoms with Crippen molar-refractivity contribution < 1.29 is 9.59 Å². The van der Waals surface area contributed by atoms with Crippen molar-refractivity contribution in [2.24, 2.45) is 5.92 Å². The first-order valence-corrected chi connectivity index (χ1v) is 9.73. The normalized spacial score (nSPS) is 13.2. The number of nitrogens with one attached hydrogen (secondary N) is 2. The molecule has 2 atom stereocenters. The minimum Gasteiger partial charge on any atom is -0.352 e. The van der Waals surface area contributed by atoms with Gasteiger partial charge in [-0.1, -0.05) is 55.8 Å². The summed E-state index contributed by atoms with van der Waals surface area (Å²) in [4.78, 5) is 27.4. The molecule has 2 aromatic carbocycles. The van der Waals surface area contributed by atoms with Gasteiger partial charge in [0.05, 0.1) is 6.04 Å². The van der Waals surface area contributed by atoms with Crippen molar-refractivity contribution in [1.82, 2.24) is 15.5 Å². The molecule has 0 aromatic heterocycles. The van der Waals surface area contributed by atoms with Crippen LogP contribution in [0.1, 0.15) is 35.8 Å². The van der Waals surface area contributed by atoms with Crippen LogP contribution in [0, 0.1) is 5.92 Å². The molecular weight excluding hydrogens is 374 g/mol. The zero-order valence-electron chi connectivity index (χ0n) is 16.8. The molecule has 0 radical (unpaired) electrons. The number of rotatable bonds is 8. The van der Waals surface area contributed by atoms with Gasteiger partial charge in [0.25, 0.3) is 5.91 Å².